The van der Waals surface area contributed by atoms with Crippen LogP contribution in [0.3, 0.4) is 0 Å². The molecule has 10 atom stereocenters. The lowest BCUT2D eigenvalue weighted by Gasteiger charge is -2.29. The molecule has 4 saturated carbocycles. The first-order valence-corrected chi connectivity index (χ1v) is 42.5. The predicted molar refractivity (Wildman–Crippen MR) is 399 cm³/mol. The number of thiazole rings is 2. The van der Waals surface area contributed by atoms with E-state index in [1.54, 1.807) is 13.8 Å². The number of benzene rings is 4. The highest BCUT2D eigenvalue weighted by molar-refractivity contribution is 9.10. The number of carboxylic acids is 1. The van der Waals surface area contributed by atoms with Crippen LogP contribution in [0.2, 0.25) is 0 Å². The van der Waals surface area contributed by atoms with Crippen LogP contribution in [-0.4, -0.2) is 124 Å². The number of nitrogens with zero attached hydrogens (tertiary/aromatic N) is 4. The Balaban J connectivity index is 0.000000185. The van der Waals surface area contributed by atoms with Crippen LogP contribution < -0.4 is 19.3 Å². The van der Waals surface area contributed by atoms with Gasteiger partial charge in [-0.1, -0.05) is 105 Å². The number of aromatic nitrogens is 2. The van der Waals surface area contributed by atoms with Crippen LogP contribution >= 0.6 is 54.5 Å². The van der Waals surface area contributed by atoms with Crippen molar-refractivity contribution in [2.75, 3.05) is 13.1 Å². The molecule has 4 aromatic carbocycles. The van der Waals surface area contributed by atoms with Gasteiger partial charge in [-0.2, -0.15) is 26.3 Å². The normalized spacial score (nSPS) is 27.8. The first kappa shape index (κ1) is 81.7. The second kappa shape index (κ2) is 32.0. The van der Waals surface area contributed by atoms with Crippen molar-refractivity contribution in [2.24, 2.45) is 39.6 Å². The van der Waals surface area contributed by atoms with Gasteiger partial charge < -0.3 is 24.4 Å². The fourth-order valence-corrected chi connectivity index (χ4v) is 19.9. The molecule has 14 rings (SSSR count). The number of sulfonamides is 2. The van der Waals surface area contributed by atoms with Crippen molar-refractivity contribution in [3.63, 3.8) is 0 Å². The van der Waals surface area contributed by atoms with E-state index in [2.05, 4.69) is 46.5 Å². The third-order valence-corrected chi connectivity index (χ3v) is 29.2. The smallest absolute Gasteiger partial charge is 0.416 e. The van der Waals surface area contributed by atoms with Crippen molar-refractivity contribution in [2.45, 2.75) is 201 Å². The lowest BCUT2D eigenvalue weighted by molar-refractivity contribution is -0.147. The number of nitrogens with one attached hydrogen (secondary N) is 1. The summed E-state index contributed by atoms with van der Waals surface area (Å²) < 4.78 is 174. The van der Waals surface area contributed by atoms with Crippen molar-refractivity contribution in [3.05, 3.63) is 140 Å². The first-order chi connectivity index (χ1) is 51.2. The second-order valence-corrected chi connectivity index (χ2v) is 38.8. The number of halogens is 10. The lowest BCUT2D eigenvalue weighted by Crippen LogP contribution is -2.47. The SMILES string of the molecule is CC1(S(=O)(=O)NC(=O)[C@]23CC(=O)[C@@H]4C[C@@H](Oc5nc6ccc(Br)cc6s5)CN4C(=O)[C@@H](Cc4cc(F)cc(C(F)(F)F)c4)CCCCC/C=C\[C@@H]2C3)CC1.CC1(S(N)(=O)=O)CC1.O=C1C[C@]2(C(=O)O)C[C@H]2/C=C\CCCCC[C@H](Cc2cc(F)cc(C(F)(F)F)c2)C(=O)N2C[C@H](Oc3nc4ccc(Br)cc4s3)C[C@@H]12. The quantitative estimate of drug-likeness (QED) is 0.0716. The first-order valence-electron chi connectivity index (χ1n) is 36.3. The number of fused-ring (bicyclic) bond motifs is 6. The summed E-state index contributed by atoms with van der Waals surface area (Å²) in [6, 6.07) is 13.7. The van der Waals surface area contributed by atoms with E-state index in [1.165, 1.54) is 32.5 Å². The van der Waals surface area contributed by atoms with Crippen LogP contribution in [-0.2, 0) is 74.0 Å². The van der Waals surface area contributed by atoms with Crippen molar-refractivity contribution in [1.29, 1.82) is 0 Å². The molecule has 19 nitrogen and oxygen atoms in total. The fraction of sp³-hybridized carbons (Fsp3) is 0.526. The number of ketones is 2. The molecule has 588 valence electrons. The largest absolute Gasteiger partial charge is 0.481 e. The minimum absolute atomic E-state index is 0.0130. The molecular formula is C76H82Br2F8N6O13S4. The van der Waals surface area contributed by atoms with Crippen molar-refractivity contribution in [3.8, 4) is 10.4 Å². The van der Waals surface area contributed by atoms with Gasteiger partial charge in [-0.25, -0.2) is 40.7 Å². The van der Waals surface area contributed by atoms with Gasteiger partial charge in [0, 0.05) is 46.5 Å². The lowest BCUT2D eigenvalue weighted by atomic mass is 9.89. The van der Waals surface area contributed by atoms with Crippen LogP contribution in [0.4, 0.5) is 35.1 Å². The zero-order valence-corrected chi connectivity index (χ0v) is 65.9. The monoisotopic (exact) mass is 1720 g/mol. The summed E-state index contributed by atoms with van der Waals surface area (Å²) in [7, 11) is -7.22. The van der Waals surface area contributed by atoms with Crippen LogP contribution in [0.1, 0.15) is 165 Å². The molecule has 2 saturated heterocycles. The molecule has 0 unspecified atom stereocenters. The Morgan fingerprint density at radius 1 is 0.615 bits per heavy atom. The number of nitrogens with two attached hydrogens (primary N) is 1. The van der Waals surface area contributed by atoms with Gasteiger partial charge in [-0.15, -0.1) is 0 Å². The Labute approximate surface area is 649 Å². The maximum absolute atomic E-state index is 14.6. The van der Waals surface area contributed by atoms with E-state index in [4.69, 9.17) is 14.6 Å². The molecule has 6 fully saturated rings. The molecule has 109 heavy (non-hydrogen) atoms. The number of Topliss-reactive ketones (excluding diaryl/α,β-unsaturated/α-hetero) is 2. The van der Waals surface area contributed by atoms with Crippen LogP contribution in [0.5, 0.6) is 10.4 Å². The molecule has 33 heteroatoms. The molecule has 4 aliphatic carbocycles. The maximum Gasteiger partial charge on any atom is 0.416 e. The zero-order valence-electron chi connectivity index (χ0n) is 59.5. The van der Waals surface area contributed by atoms with E-state index in [1.807, 2.05) is 60.7 Å². The summed E-state index contributed by atoms with van der Waals surface area (Å²) in [4.78, 5) is 95.4. The number of carboxylic acid groups (broad SMARTS) is 1. The fourth-order valence-electron chi connectivity index (χ4n) is 15.1. The molecule has 0 spiro atoms. The number of hydrogen-bond donors (Lipinski definition) is 3. The number of allylic oxidation sites excluding steroid dienone is 4. The summed E-state index contributed by atoms with van der Waals surface area (Å²) in [5, 5.41) is 15.7. The Morgan fingerprint density at radius 3 is 1.44 bits per heavy atom. The average molecular weight is 1730 g/mol. The van der Waals surface area contributed by atoms with Gasteiger partial charge in [0.2, 0.25) is 37.8 Å². The number of hydrogen-bond acceptors (Lipinski definition) is 16. The highest BCUT2D eigenvalue weighted by Gasteiger charge is 2.64. The standard InChI is InChI=1S/C38H40BrF4N3O6S2.C34H33BrF4N2O5S.C4H9NO2S/c1-36(11-12-36)54(50,51)45-34(49)37-19-24(37)8-6-4-2-3-5-7-23(13-22-14-25(38(41,42)43)16-27(40)15-22)33(48)46-21-28(18-30(46)31(47)20-37)52-35-44-29-10-9-26(39)17-32(29)53-35;35-23-8-9-26-29(14-23)47-32(40-26)46-25-15-27-28(42)17-33(31(44)45)16-21(33)7-5-3-1-2-4-6-20(30(43)41(27)18-25)10-19-11-22(34(37,38)39)13-24(36)12-19;1-4(2-3-4)8(5,6)7/h6,8-10,14-17,23-24,28,30H,2-5,7,11-13,18-21H2,1H3,(H,45,49);5,7-9,11-14,20-21,25,27H,1-4,6,10,15-18H2,(H,44,45);2-3H2,1H3,(H2,5,6,7)/b8-6-;7-5-;/t23-,24-,28-,30+,37-;20-,21-,25-,27+,33-;/m11./s1. The summed E-state index contributed by atoms with van der Waals surface area (Å²) in [5.41, 5.74) is -3.38. The Morgan fingerprint density at radius 2 is 1.04 bits per heavy atom. The van der Waals surface area contributed by atoms with E-state index in [9.17, 15) is 85.8 Å². The van der Waals surface area contributed by atoms with E-state index in [0.717, 1.165) is 80.2 Å². The van der Waals surface area contributed by atoms with Gasteiger partial charge in [-0.05, 0) is 199 Å². The highest BCUT2D eigenvalue weighted by Crippen LogP contribution is 2.59. The number of primary sulfonamides is 1. The van der Waals surface area contributed by atoms with Gasteiger partial charge in [-0.3, -0.25) is 33.5 Å². The van der Waals surface area contributed by atoms with Crippen LogP contribution in [0.25, 0.3) is 20.4 Å². The Kier molecular flexibility index (Phi) is 24.0. The Hall–Kier alpha value is -6.78. The van der Waals surface area contributed by atoms with Gasteiger partial charge in [0.1, 0.15) is 23.8 Å². The second-order valence-electron chi connectivity index (χ2n) is 30.7. The highest BCUT2D eigenvalue weighted by atomic mass is 79.9. The summed E-state index contributed by atoms with van der Waals surface area (Å²) in [5.74, 6) is -8.02. The minimum Gasteiger partial charge on any atom is -0.481 e. The topological polar surface area (TPSA) is 280 Å². The van der Waals surface area contributed by atoms with Crippen LogP contribution in [0, 0.1) is 46.1 Å². The molecule has 0 radical (unpaired) electrons. The van der Waals surface area contributed by atoms with Crippen molar-refractivity contribution in [1.82, 2.24) is 24.5 Å². The molecule has 4 N–H and O–H groups in total. The third-order valence-electron chi connectivity index (χ3n) is 22.4. The summed E-state index contributed by atoms with van der Waals surface area (Å²) >= 11 is 9.50. The van der Waals surface area contributed by atoms with Crippen LogP contribution in [0.15, 0.2) is 106 Å². The van der Waals surface area contributed by atoms with E-state index in [0.29, 0.717) is 92.2 Å². The molecular weight excluding hydrogens is 1640 g/mol. The predicted octanol–water partition coefficient (Wildman–Crippen LogP) is 15.7. The van der Waals surface area contributed by atoms with E-state index in [-0.39, 0.29) is 81.0 Å². The van der Waals surface area contributed by atoms with E-state index >= 15 is 0 Å². The van der Waals surface area contributed by atoms with Gasteiger partial charge in [0.25, 0.3) is 10.4 Å². The number of ether oxygens (including phenoxy) is 2. The number of aliphatic carboxylic acids is 1. The molecule has 8 aliphatic rings. The number of rotatable bonds is 13. The van der Waals surface area contributed by atoms with Gasteiger partial charge >= 0.3 is 18.3 Å². The third kappa shape index (κ3) is 19.1. The van der Waals surface area contributed by atoms with Crippen molar-refractivity contribution < 1.29 is 95.3 Å². The van der Waals surface area contributed by atoms with Gasteiger partial charge in [0.05, 0.1) is 77.1 Å². The number of amides is 3. The minimum atomic E-state index is -4.79. The zero-order chi connectivity index (χ0) is 78.6. The molecule has 3 amide bonds. The Bertz CT molecular complexity index is 4820. The molecule has 2 aromatic heterocycles. The number of alkyl halides is 6. The summed E-state index contributed by atoms with van der Waals surface area (Å²) in [6.07, 6.45) is 5.00. The van der Waals surface area contributed by atoms with E-state index < -0.39 is 147 Å². The number of carbonyl (C=O) groups excluding carboxylic acids is 5. The number of carbonyl (C=O) groups is 6. The molecule has 0 bridgehead atoms. The maximum atomic E-state index is 14.6. The molecule has 4 aliphatic heterocycles. The van der Waals surface area contributed by atoms with Crippen molar-refractivity contribution >= 4 is 130 Å². The van der Waals surface area contributed by atoms with Gasteiger partial charge in [0.15, 0.2) is 11.6 Å². The molecule has 6 aromatic rings. The average Bonchev–Trinajstić information content (AvgIpc) is 1.57. The summed E-state index contributed by atoms with van der Waals surface area (Å²) in [6.45, 7) is 3.23. The molecule has 6 heterocycles.